The highest BCUT2D eigenvalue weighted by atomic mass is 32.2. The van der Waals surface area contributed by atoms with Gasteiger partial charge in [0.05, 0.1) is 0 Å². The highest BCUT2D eigenvalue weighted by Gasteiger charge is 2.28. The standard InChI is InChI=1S/C14H15N3O2S/c1-10(18)15-14-16-17(11(2)19)13(20-14)9-8-12-6-4-3-5-7-12/h3-9,13H,1-2H3,(H,15,16,18)/b9-8+. The van der Waals surface area contributed by atoms with E-state index in [-0.39, 0.29) is 17.2 Å². The summed E-state index contributed by atoms with van der Waals surface area (Å²) in [6, 6.07) is 9.79. The van der Waals surface area contributed by atoms with Crippen molar-refractivity contribution in [2.75, 3.05) is 0 Å². The van der Waals surface area contributed by atoms with Crippen LogP contribution < -0.4 is 5.32 Å². The van der Waals surface area contributed by atoms with E-state index in [2.05, 4.69) is 10.4 Å². The van der Waals surface area contributed by atoms with Crippen LogP contribution in [0.4, 0.5) is 0 Å². The Labute approximate surface area is 121 Å². The molecule has 0 fully saturated rings. The number of carbonyl (C=O) groups excluding carboxylic acids is 2. The summed E-state index contributed by atoms with van der Waals surface area (Å²) >= 11 is 1.33. The first-order valence-corrected chi connectivity index (χ1v) is 7.00. The molecule has 5 nitrogen and oxygen atoms in total. The third-order valence-corrected chi connectivity index (χ3v) is 3.54. The Morgan fingerprint density at radius 2 is 2.00 bits per heavy atom. The van der Waals surface area contributed by atoms with Gasteiger partial charge in [-0.2, -0.15) is 0 Å². The van der Waals surface area contributed by atoms with Crippen molar-refractivity contribution in [2.45, 2.75) is 19.2 Å². The lowest BCUT2D eigenvalue weighted by molar-refractivity contribution is -0.128. The molecule has 6 heteroatoms. The quantitative estimate of drug-likeness (QED) is 0.906. The Bertz CT molecular complexity index is 569. The van der Waals surface area contributed by atoms with Crippen LogP contribution in [-0.2, 0) is 9.59 Å². The lowest BCUT2D eigenvalue weighted by Gasteiger charge is -2.14. The van der Waals surface area contributed by atoms with Crippen LogP contribution >= 0.6 is 11.8 Å². The Morgan fingerprint density at radius 1 is 1.30 bits per heavy atom. The first-order chi connectivity index (χ1) is 9.56. The maximum Gasteiger partial charge on any atom is 0.241 e. The van der Waals surface area contributed by atoms with Crippen LogP contribution in [0.15, 0.2) is 41.5 Å². The number of amides is 2. The van der Waals surface area contributed by atoms with E-state index < -0.39 is 0 Å². The fourth-order valence-electron chi connectivity index (χ4n) is 1.68. The minimum atomic E-state index is -0.241. The highest BCUT2D eigenvalue weighted by Crippen LogP contribution is 2.26. The Morgan fingerprint density at radius 3 is 2.60 bits per heavy atom. The highest BCUT2D eigenvalue weighted by molar-refractivity contribution is 8.14. The number of nitrogens with one attached hydrogen (secondary N) is 1. The average molecular weight is 289 g/mol. The van der Waals surface area contributed by atoms with Crippen molar-refractivity contribution in [3.8, 4) is 0 Å². The minimum Gasteiger partial charge on any atom is -0.304 e. The van der Waals surface area contributed by atoms with E-state index in [4.69, 9.17) is 0 Å². The number of hydrazone groups is 1. The monoisotopic (exact) mass is 289 g/mol. The summed E-state index contributed by atoms with van der Waals surface area (Å²) in [6.45, 7) is 2.86. The van der Waals surface area contributed by atoms with E-state index in [9.17, 15) is 9.59 Å². The van der Waals surface area contributed by atoms with Gasteiger partial charge >= 0.3 is 0 Å². The molecule has 2 amide bonds. The molecule has 1 aromatic rings. The van der Waals surface area contributed by atoms with E-state index in [1.54, 1.807) is 0 Å². The third-order valence-electron chi connectivity index (χ3n) is 2.53. The van der Waals surface area contributed by atoms with Gasteiger partial charge in [-0.15, -0.1) is 5.10 Å². The van der Waals surface area contributed by atoms with E-state index in [1.165, 1.54) is 30.6 Å². The minimum absolute atomic E-state index is 0.166. The summed E-state index contributed by atoms with van der Waals surface area (Å²) in [5, 5.41) is 8.26. The molecular formula is C14H15N3O2S. The fourth-order valence-corrected chi connectivity index (χ4v) is 2.69. The molecule has 0 radical (unpaired) electrons. The van der Waals surface area contributed by atoms with Gasteiger partial charge < -0.3 is 5.32 Å². The van der Waals surface area contributed by atoms with Crippen LogP contribution in [0.1, 0.15) is 19.4 Å². The van der Waals surface area contributed by atoms with Gasteiger partial charge in [0.25, 0.3) is 0 Å². The summed E-state index contributed by atoms with van der Waals surface area (Å²) in [5.41, 5.74) is 1.05. The van der Waals surface area contributed by atoms with Crippen LogP contribution in [0.3, 0.4) is 0 Å². The summed E-state index contributed by atoms with van der Waals surface area (Å²) in [6.07, 6.45) is 3.82. The Hall–Kier alpha value is -2.08. The van der Waals surface area contributed by atoms with Crippen molar-refractivity contribution in [3.05, 3.63) is 42.0 Å². The maximum atomic E-state index is 11.6. The first-order valence-electron chi connectivity index (χ1n) is 6.12. The summed E-state index contributed by atoms with van der Waals surface area (Å²) in [5.74, 6) is -0.368. The molecule has 1 N–H and O–H groups in total. The van der Waals surface area contributed by atoms with Gasteiger partial charge in [0.1, 0.15) is 5.37 Å². The molecule has 1 unspecified atom stereocenters. The Balaban J connectivity index is 2.10. The van der Waals surface area contributed by atoms with Crippen LogP contribution in [-0.4, -0.2) is 27.4 Å². The fraction of sp³-hybridized carbons (Fsp3) is 0.214. The van der Waals surface area contributed by atoms with Crippen LogP contribution in [0.2, 0.25) is 0 Å². The van der Waals surface area contributed by atoms with Crippen molar-refractivity contribution < 1.29 is 9.59 Å². The number of hydrogen-bond acceptors (Lipinski definition) is 4. The number of carbonyl (C=O) groups is 2. The molecule has 0 saturated heterocycles. The topological polar surface area (TPSA) is 61.8 Å². The van der Waals surface area contributed by atoms with E-state index in [0.29, 0.717) is 5.17 Å². The summed E-state index contributed by atoms with van der Waals surface area (Å²) < 4.78 is 0. The molecule has 20 heavy (non-hydrogen) atoms. The van der Waals surface area contributed by atoms with Crippen molar-refractivity contribution in [1.82, 2.24) is 10.3 Å². The molecule has 104 valence electrons. The molecule has 2 rings (SSSR count). The first kappa shape index (κ1) is 14.3. The van der Waals surface area contributed by atoms with E-state index in [1.807, 2.05) is 42.5 Å². The molecule has 0 aliphatic carbocycles. The second-order valence-corrected chi connectivity index (χ2v) is 5.33. The SMILES string of the molecule is CC(=O)NC1=NN(C(C)=O)C(/C=C/c2ccccc2)S1. The molecule has 0 aromatic heterocycles. The summed E-state index contributed by atoms with van der Waals surface area (Å²) in [4.78, 5) is 22.6. The largest absolute Gasteiger partial charge is 0.304 e. The van der Waals surface area contributed by atoms with Crippen molar-refractivity contribution in [2.24, 2.45) is 5.10 Å². The molecule has 0 spiro atoms. The lowest BCUT2D eigenvalue weighted by atomic mass is 10.2. The molecule has 0 saturated carbocycles. The second-order valence-electron chi connectivity index (χ2n) is 4.23. The number of nitrogens with zero attached hydrogens (tertiary/aromatic N) is 2. The molecular weight excluding hydrogens is 274 g/mol. The third kappa shape index (κ3) is 3.71. The van der Waals surface area contributed by atoms with Crippen molar-refractivity contribution >= 4 is 34.8 Å². The maximum absolute atomic E-state index is 11.6. The predicted molar refractivity (Wildman–Crippen MR) is 80.6 cm³/mol. The summed E-state index contributed by atoms with van der Waals surface area (Å²) in [7, 11) is 0. The molecule has 1 atom stereocenters. The van der Waals surface area contributed by atoms with E-state index >= 15 is 0 Å². The average Bonchev–Trinajstić information content (AvgIpc) is 2.80. The smallest absolute Gasteiger partial charge is 0.241 e. The zero-order valence-corrected chi connectivity index (χ0v) is 12.1. The van der Waals surface area contributed by atoms with Crippen LogP contribution in [0, 0.1) is 0 Å². The Kier molecular flexibility index (Phi) is 4.57. The van der Waals surface area contributed by atoms with Gasteiger partial charge in [-0.25, -0.2) is 5.01 Å². The number of thioether (sulfide) groups is 1. The number of amidine groups is 1. The van der Waals surface area contributed by atoms with E-state index in [0.717, 1.165) is 5.56 Å². The molecule has 1 aromatic carbocycles. The van der Waals surface area contributed by atoms with Gasteiger partial charge in [0.15, 0.2) is 5.17 Å². The molecule has 0 bridgehead atoms. The number of benzene rings is 1. The van der Waals surface area contributed by atoms with Crippen LogP contribution in [0.5, 0.6) is 0 Å². The van der Waals surface area contributed by atoms with Gasteiger partial charge in [0, 0.05) is 13.8 Å². The van der Waals surface area contributed by atoms with Gasteiger partial charge in [0.2, 0.25) is 11.8 Å². The normalized spacial score (nSPS) is 18.2. The molecule has 1 aliphatic heterocycles. The predicted octanol–water partition coefficient (Wildman–Crippen LogP) is 2.03. The molecule has 1 heterocycles. The van der Waals surface area contributed by atoms with Gasteiger partial charge in [-0.3, -0.25) is 9.59 Å². The molecule has 1 aliphatic rings. The van der Waals surface area contributed by atoms with Gasteiger partial charge in [-0.05, 0) is 11.6 Å². The number of rotatable bonds is 2. The second kappa shape index (κ2) is 6.38. The van der Waals surface area contributed by atoms with Crippen molar-refractivity contribution in [3.63, 3.8) is 0 Å². The zero-order valence-electron chi connectivity index (χ0n) is 11.2. The lowest BCUT2D eigenvalue weighted by Crippen LogP contribution is -2.27. The van der Waals surface area contributed by atoms with Crippen LogP contribution in [0.25, 0.3) is 6.08 Å². The zero-order chi connectivity index (χ0) is 14.5. The number of hydrogen-bond donors (Lipinski definition) is 1. The van der Waals surface area contributed by atoms with Crippen molar-refractivity contribution in [1.29, 1.82) is 0 Å². The van der Waals surface area contributed by atoms with Gasteiger partial charge in [-0.1, -0.05) is 48.2 Å².